The van der Waals surface area contributed by atoms with E-state index in [4.69, 9.17) is 5.73 Å². The van der Waals surface area contributed by atoms with Gasteiger partial charge in [-0.3, -0.25) is 9.78 Å². The number of pyridine rings is 1. The number of nitrogens with two attached hydrogens (primary N) is 1. The standard InChI is InChI=1S/C13H20FN3O/c1-4-10(11-6-5-9(14)7-16-11)17-8-13(2,3)12(15)18/h5-7,10,17H,4,8H2,1-3H3,(H2,15,18). The Kier molecular flexibility index (Phi) is 4.78. The Morgan fingerprint density at radius 1 is 1.56 bits per heavy atom. The van der Waals surface area contributed by atoms with Crippen LogP contribution in [0.3, 0.4) is 0 Å². The third-order valence-electron chi connectivity index (χ3n) is 2.97. The molecule has 3 N–H and O–H groups in total. The second kappa shape index (κ2) is 5.91. The fourth-order valence-corrected chi connectivity index (χ4v) is 1.52. The topological polar surface area (TPSA) is 68.0 Å². The lowest BCUT2D eigenvalue weighted by molar-refractivity contribution is -0.125. The largest absolute Gasteiger partial charge is 0.369 e. The summed E-state index contributed by atoms with van der Waals surface area (Å²) in [6.45, 7) is 6.03. The monoisotopic (exact) mass is 253 g/mol. The van der Waals surface area contributed by atoms with Gasteiger partial charge in [-0.05, 0) is 32.4 Å². The Balaban J connectivity index is 2.68. The lowest BCUT2D eigenvalue weighted by Gasteiger charge is -2.25. The zero-order valence-electron chi connectivity index (χ0n) is 11.0. The molecule has 0 bridgehead atoms. The van der Waals surface area contributed by atoms with Gasteiger partial charge in [-0.15, -0.1) is 0 Å². The van der Waals surface area contributed by atoms with Crippen LogP contribution in [0.25, 0.3) is 0 Å². The number of halogens is 1. The highest BCUT2D eigenvalue weighted by Crippen LogP contribution is 2.18. The Bertz CT molecular complexity index is 403. The molecule has 1 unspecified atom stereocenters. The molecule has 5 heteroatoms. The third-order valence-corrected chi connectivity index (χ3v) is 2.97. The SMILES string of the molecule is CCC(NCC(C)(C)C(N)=O)c1ccc(F)cn1. The Morgan fingerprint density at radius 2 is 2.22 bits per heavy atom. The van der Waals surface area contributed by atoms with E-state index in [9.17, 15) is 9.18 Å². The first-order chi connectivity index (χ1) is 8.36. The lowest BCUT2D eigenvalue weighted by atomic mass is 9.92. The van der Waals surface area contributed by atoms with Crippen LogP contribution < -0.4 is 11.1 Å². The van der Waals surface area contributed by atoms with Crippen molar-refractivity contribution in [3.63, 3.8) is 0 Å². The summed E-state index contributed by atoms with van der Waals surface area (Å²) in [5.41, 5.74) is 5.46. The minimum atomic E-state index is -0.618. The normalized spacial score (nSPS) is 13.3. The number of primary amides is 1. The molecular weight excluding hydrogens is 233 g/mol. The van der Waals surface area contributed by atoms with Crippen LogP contribution in [0.2, 0.25) is 0 Å². The van der Waals surface area contributed by atoms with Crippen molar-refractivity contribution < 1.29 is 9.18 Å². The van der Waals surface area contributed by atoms with Gasteiger partial charge in [0.25, 0.3) is 0 Å². The van der Waals surface area contributed by atoms with Gasteiger partial charge in [0.15, 0.2) is 0 Å². The van der Waals surface area contributed by atoms with Crippen LogP contribution in [0.15, 0.2) is 18.3 Å². The molecule has 0 aliphatic heterocycles. The number of carbonyl (C=O) groups excluding carboxylic acids is 1. The summed E-state index contributed by atoms with van der Waals surface area (Å²) in [6, 6.07) is 3.02. The number of amides is 1. The molecule has 1 aromatic heterocycles. The average Bonchev–Trinajstić information content (AvgIpc) is 2.31. The van der Waals surface area contributed by atoms with Crippen LogP contribution in [0.4, 0.5) is 4.39 Å². The van der Waals surface area contributed by atoms with E-state index >= 15 is 0 Å². The molecule has 0 aromatic carbocycles. The smallest absolute Gasteiger partial charge is 0.224 e. The van der Waals surface area contributed by atoms with Crippen molar-refractivity contribution in [1.29, 1.82) is 0 Å². The molecule has 1 aromatic rings. The summed E-state index contributed by atoms with van der Waals surface area (Å²) in [7, 11) is 0. The molecule has 1 heterocycles. The van der Waals surface area contributed by atoms with Crippen LogP contribution in [0.1, 0.15) is 38.9 Å². The van der Waals surface area contributed by atoms with E-state index in [-0.39, 0.29) is 17.8 Å². The maximum Gasteiger partial charge on any atom is 0.224 e. The maximum atomic E-state index is 12.8. The van der Waals surface area contributed by atoms with Crippen molar-refractivity contribution in [2.24, 2.45) is 11.1 Å². The average molecular weight is 253 g/mol. The minimum absolute atomic E-state index is 0.00998. The molecule has 0 saturated heterocycles. The van der Waals surface area contributed by atoms with E-state index in [0.29, 0.717) is 6.54 Å². The zero-order valence-corrected chi connectivity index (χ0v) is 11.0. The van der Waals surface area contributed by atoms with Gasteiger partial charge in [0.05, 0.1) is 17.3 Å². The summed E-state index contributed by atoms with van der Waals surface area (Å²) in [5.74, 6) is -0.706. The highest BCUT2D eigenvalue weighted by atomic mass is 19.1. The molecule has 0 radical (unpaired) electrons. The molecule has 1 amide bonds. The quantitative estimate of drug-likeness (QED) is 0.812. The summed E-state index contributed by atoms with van der Waals surface area (Å²) in [6.07, 6.45) is 1.99. The van der Waals surface area contributed by atoms with Crippen LogP contribution in [-0.4, -0.2) is 17.4 Å². The van der Waals surface area contributed by atoms with E-state index in [0.717, 1.165) is 12.1 Å². The van der Waals surface area contributed by atoms with Gasteiger partial charge in [0, 0.05) is 12.6 Å². The van der Waals surface area contributed by atoms with E-state index in [1.165, 1.54) is 12.3 Å². The molecule has 4 nitrogen and oxygen atoms in total. The van der Waals surface area contributed by atoms with Crippen molar-refractivity contribution in [2.45, 2.75) is 33.2 Å². The summed E-state index contributed by atoms with van der Waals surface area (Å²) in [4.78, 5) is 15.3. The van der Waals surface area contributed by atoms with Crippen molar-refractivity contribution in [2.75, 3.05) is 6.54 Å². The van der Waals surface area contributed by atoms with Gasteiger partial charge < -0.3 is 11.1 Å². The molecule has 100 valence electrons. The summed E-state index contributed by atoms with van der Waals surface area (Å²) >= 11 is 0. The second-order valence-electron chi connectivity index (χ2n) is 4.99. The Hall–Kier alpha value is -1.49. The van der Waals surface area contributed by atoms with E-state index < -0.39 is 5.41 Å². The highest BCUT2D eigenvalue weighted by molar-refractivity contribution is 5.80. The number of nitrogens with one attached hydrogen (secondary N) is 1. The predicted molar refractivity (Wildman–Crippen MR) is 68.2 cm³/mol. The van der Waals surface area contributed by atoms with Gasteiger partial charge in [-0.2, -0.15) is 0 Å². The zero-order chi connectivity index (χ0) is 13.8. The molecule has 1 atom stereocenters. The second-order valence-corrected chi connectivity index (χ2v) is 4.99. The van der Waals surface area contributed by atoms with Gasteiger partial charge in [-0.1, -0.05) is 6.92 Å². The molecular formula is C13H20FN3O. The highest BCUT2D eigenvalue weighted by Gasteiger charge is 2.26. The van der Waals surface area contributed by atoms with Crippen LogP contribution in [0.5, 0.6) is 0 Å². The van der Waals surface area contributed by atoms with E-state index in [1.54, 1.807) is 19.9 Å². The first-order valence-electron chi connectivity index (χ1n) is 6.01. The van der Waals surface area contributed by atoms with E-state index in [1.807, 2.05) is 6.92 Å². The summed E-state index contributed by atoms with van der Waals surface area (Å²) in [5, 5.41) is 3.24. The molecule has 0 aliphatic rings. The molecule has 18 heavy (non-hydrogen) atoms. The van der Waals surface area contributed by atoms with Crippen molar-refractivity contribution in [1.82, 2.24) is 10.3 Å². The Labute approximate surface area is 107 Å². The van der Waals surface area contributed by atoms with Gasteiger partial charge in [0.2, 0.25) is 5.91 Å². The molecule has 0 fully saturated rings. The van der Waals surface area contributed by atoms with Crippen LogP contribution in [-0.2, 0) is 4.79 Å². The van der Waals surface area contributed by atoms with Crippen molar-refractivity contribution in [3.05, 3.63) is 29.8 Å². The summed E-state index contributed by atoms with van der Waals surface area (Å²) < 4.78 is 12.8. The van der Waals surface area contributed by atoms with E-state index in [2.05, 4.69) is 10.3 Å². The molecule has 0 saturated carbocycles. The molecule has 1 rings (SSSR count). The Morgan fingerprint density at radius 3 is 2.67 bits per heavy atom. The first-order valence-corrected chi connectivity index (χ1v) is 6.01. The fourth-order valence-electron chi connectivity index (χ4n) is 1.52. The number of carbonyl (C=O) groups is 1. The van der Waals surface area contributed by atoms with Crippen molar-refractivity contribution in [3.8, 4) is 0 Å². The number of rotatable bonds is 6. The molecule has 0 aliphatic carbocycles. The van der Waals surface area contributed by atoms with Crippen LogP contribution in [0, 0.1) is 11.2 Å². The van der Waals surface area contributed by atoms with Gasteiger partial charge >= 0.3 is 0 Å². The number of hydrogen-bond donors (Lipinski definition) is 2. The minimum Gasteiger partial charge on any atom is -0.369 e. The number of aromatic nitrogens is 1. The van der Waals surface area contributed by atoms with Gasteiger partial charge in [0.1, 0.15) is 5.82 Å². The molecule has 0 spiro atoms. The fraction of sp³-hybridized carbons (Fsp3) is 0.538. The third kappa shape index (κ3) is 3.77. The predicted octanol–water partition coefficient (Wildman–Crippen LogP) is 1.77. The number of nitrogens with zero attached hydrogens (tertiary/aromatic N) is 1. The number of hydrogen-bond acceptors (Lipinski definition) is 3. The van der Waals surface area contributed by atoms with Crippen molar-refractivity contribution >= 4 is 5.91 Å². The lowest BCUT2D eigenvalue weighted by Crippen LogP contribution is -2.41. The first kappa shape index (κ1) is 14.6. The van der Waals surface area contributed by atoms with Crippen LogP contribution >= 0.6 is 0 Å². The van der Waals surface area contributed by atoms with Gasteiger partial charge in [-0.25, -0.2) is 4.39 Å². The maximum absolute atomic E-state index is 12.8.